The van der Waals surface area contributed by atoms with Crippen LogP contribution in [-0.4, -0.2) is 18.3 Å². The molecule has 112 valence electrons. The normalized spacial score (nSPS) is 14.5. The molecule has 1 aromatic carbocycles. The summed E-state index contributed by atoms with van der Waals surface area (Å²) in [5.74, 6) is 1.56. The van der Waals surface area contributed by atoms with Crippen LogP contribution < -0.4 is 14.8 Å². The summed E-state index contributed by atoms with van der Waals surface area (Å²) >= 11 is 5.30. The van der Waals surface area contributed by atoms with Crippen molar-refractivity contribution in [2.45, 2.75) is 26.8 Å². The van der Waals surface area contributed by atoms with Gasteiger partial charge >= 0.3 is 0 Å². The van der Waals surface area contributed by atoms with Crippen molar-refractivity contribution in [1.82, 2.24) is 10.3 Å². The first-order valence-corrected chi connectivity index (χ1v) is 8.47. The molecule has 0 fully saturated rings. The summed E-state index contributed by atoms with van der Waals surface area (Å²) in [5, 5.41) is 4.59. The van der Waals surface area contributed by atoms with E-state index in [9.17, 15) is 0 Å². The van der Waals surface area contributed by atoms with E-state index in [1.165, 1.54) is 4.88 Å². The molecular weight excluding hydrogens is 352 g/mol. The molecule has 0 bridgehead atoms. The molecule has 4 nitrogen and oxygen atoms in total. The highest BCUT2D eigenvalue weighted by molar-refractivity contribution is 9.10. The van der Waals surface area contributed by atoms with Crippen molar-refractivity contribution in [3.63, 3.8) is 0 Å². The third-order valence-electron chi connectivity index (χ3n) is 3.48. The van der Waals surface area contributed by atoms with E-state index in [1.54, 1.807) is 11.3 Å². The lowest BCUT2D eigenvalue weighted by Crippen LogP contribution is -2.21. The molecule has 1 aliphatic heterocycles. The summed E-state index contributed by atoms with van der Waals surface area (Å²) in [6.45, 7) is 7.40. The van der Waals surface area contributed by atoms with E-state index in [2.05, 4.69) is 41.2 Å². The fourth-order valence-corrected chi connectivity index (χ4v) is 3.93. The van der Waals surface area contributed by atoms with Crippen molar-refractivity contribution in [1.29, 1.82) is 0 Å². The van der Waals surface area contributed by atoms with Crippen molar-refractivity contribution in [2.75, 3.05) is 13.3 Å². The molecule has 1 aliphatic rings. The highest BCUT2D eigenvalue weighted by Crippen LogP contribution is 2.42. The van der Waals surface area contributed by atoms with Crippen LogP contribution in [0.2, 0.25) is 0 Å². The summed E-state index contributed by atoms with van der Waals surface area (Å²) in [4.78, 5) is 5.95. The second kappa shape index (κ2) is 5.94. The Bertz CT molecular complexity index is 652. The Hall–Kier alpha value is -1.11. The molecule has 0 spiro atoms. The van der Waals surface area contributed by atoms with Crippen molar-refractivity contribution in [3.05, 3.63) is 37.7 Å². The maximum atomic E-state index is 5.52. The first-order valence-electron chi connectivity index (χ1n) is 6.86. The monoisotopic (exact) mass is 368 g/mol. The van der Waals surface area contributed by atoms with Gasteiger partial charge in [-0.15, -0.1) is 11.3 Å². The molecule has 0 saturated heterocycles. The van der Waals surface area contributed by atoms with Crippen LogP contribution in [0.1, 0.15) is 34.1 Å². The first kappa shape index (κ1) is 14.8. The number of ether oxygens (including phenoxy) is 2. The average molecular weight is 369 g/mol. The summed E-state index contributed by atoms with van der Waals surface area (Å²) in [6, 6.07) is 4.18. The number of rotatable bonds is 4. The Morgan fingerprint density at radius 2 is 2.19 bits per heavy atom. The highest BCUT2D eigenvalue weighted by Gasteiger charge is 2.24. The minimum Gasteiger partial charge on any atom is -0.454 e. The van der Waals surface area contributed by atoms with E-state index in [1.807, 2.05) is 13.0 Å². The van der Waals surface area contributed by atoms with Crippen LogP contribution in [0, 0.1) is 13.8 Å². The quantitative estimate of drug-likeness (QED) is 0.886. The number of thiazole rings is 1. The van der Waals surface area contributed by atoms with Crippen LogP contribution in [0.25, 0.3) is 0 Å². The van der Waals surface area contributed by atoms with Gasteiger partial charge < -0.3 is 14.8 Å². The maximum Gasteiger partial charge on any atom is 0.231 e. The number of nitrogens with zero attached hydrogens (tertiary/aromatic N) is 1. The van der Waals surface area contributed by atoms with Gasteiger partial charge in [0.1, 0.15) is 5.01 Å². The molecule has 1 N–H and O–H groups in total. The molecular formula is C15H17BrN2O2S. The Morgan fingerprint density at radius 3 is 2.86 bits per heavy atom. The number of hydrogen-bond acceptors (Lipinski definition) is 5. The lowest BCUT2D eigenvalue weighted by molar-refractivity contribution is 0.173. The van der Waals surface area contributed by atoms with Crippen molar-refractivity contribution >= 4 is 27.3 Å². The smallest absolute Gasteiger partial charge is 0.231 e. The second-order valence-corrected chi connectivity index (χ2v) is 7.01. The molecule has 21 heavy (non-hydrogen) atoms. The standard InChI is InChI=1S/C15H17BrN2O2S/c1-4-17-13(15-18-8(2)9(3)21-15)10-5-11(16)14-12(6-10)19-7-20-14/h5-6,13,17H,4,7H2,1-3H3. The zero-order valence-electron chi connectivity index (χ0n) is 12.2. The van der Waals surface area contributed by atoms with Crippen molar-refractivity contribution in [2.24, 2.45) is 0 Å². The molecule has 0 saturated carbocycles. The lowest BCUT2D eigenvalue weighted by atomic mass is 10.1. The largest absolute Gasteiger partial charge is 0.454 e. The third-order valence-corrected chi connectivity index (χ3v) is 5.21. The molecule has 2 aromatic rings. The van der Waals surface area contributed by atoms with Gasteiger partial charge in [-0.05, 0) is 54.0 Å². The van der Waals surface area contributed by atoms with E-state index < -0.39 is 0 Å². The molecule has 6 heteroatoms. The van der Waals surface area contributed by atoms with Gasteiger partial charge in [0.15, 0.2) is 11.5 Å². The Kier molecular flexibility index (Phi) is 4.19. The summed E-state index contributed by atoms with van der Waals surface area (Å²) in [5.41, 5.74) is 2.22. The van der Waals surface area contributed by atoms with Gasteiger partial charge in [-0.1, -0.05) is 6.92 Å². The Balaban J connectivity index is 2.03. The summed E-state index contributed by atoms with van der Waals surface area (Å²) in [6.07, 6.45) is 0. The number of fused-ring (bicyclic) bond motifs is 1. The second-order valence-electron chi connectivity index (χ2n) is 4.92. The minimum atomic E-state index is 0.0678. The van der Waals surface area contributed by atoms with E-state index in [-0.39, 0.29) is 12.8 Å². The van der Waals surface area contributed by atoms with Crippen LogP contribution >= 0.6 is 27.3 Å². The Labute approximate surface area is 136 Å². The first-order chi connectivity index (χ1) is 10.1. The molecule has 0 amide bonds. The molecule has 1 atom stereocenters. The van der Waals surface area contributed by atoms with Crippen LogP contribution in [0.3, 0.4) is 0 Å². The third kappa shape index (κ3) is 2.80. The number of benzene rings is 1. The van der Waals surface area contributed by atoms with Gasteiger partial charge in [-0.3, -0.25) is 0 Å². The fourth-order valence-electron chi connectivity index (χ4n) is 2.33. The van der Waals surface area contributed by atoms with Gasteiger partial charge in [-0.25, -0.2) is 4.98 Å². The zero-order valence-corrected chi connectivity index (χ0v) is 14.6. The van der Waals surface area contributed by atoms with Gasteiger partial charge in [0, 0.05) is 4.88 Å². The number of hydrogen-bond donors (Lipinski definition) is 1. The highest BCUT2D eigenvalue weighted by atomic mass is 79.9. The van der Waals surface area contributed by atoms with Gasteiger partial charge in [-0.2, -0.15) is 0 Å². The van der Waals surface area contributed by atoms with Crippen molar-refractivity contribution < 1.29 is 9.47 Å². The van der Waals surface area contributed by atoms with Crippen LogP contribution in [0.15, 0.2) is 16.6 Å². The molecule has 1 unspecified atom stereocenters. The minimum absolute atomic E-state index is 0.0678. The van der Waals surface area contributed by atoms with E-state index in [0.29, 0.717) is 0 Å². The Morgan fingerprint density at radius 1 is 1.38 bits per heavy atom. The maximum absolute atomic E-state index is 5.52. The zero-order chi connectivity index (χ0) is 15.0. The van der Waals surface area contributed by atoms with E-state index in [4.69, 9.17) is 14.5 Å². The molecule has 3 rings (SSSR count). The number of halogens is 1. The fraction of sp³-hybridized carbons (Fsp3) is 0.400. The SMILES string of the molecule is CCNC(c1cc(Br)c2c(c1)OCO2)c1nc(C)c(C)s1. The molecule has 2 heterocycles. The van der Waals surface area contributed by atoms with Crippen molar-refractivity contribution in [3.8, 4) is 11.5 Å². The molecule has 0 aliphatic carbocycles. The van der Waals surface area contributed by atoms with Gasteiger partial charge in [0.2, 0.25) is 6.79 Å². The number of aromatic nitrogens is 1. The van der Waals surface area contributed by atoms with E-state index in [0.717, 1.165) is 38.8 Å². The summed E-state index contributed by atoms with van der Waals surface area (Å²) in [7, 11) is 0. The number of aryl methyl sites for hydroxylation is 2. The number of nitrogens with one attached hydrogen (secondary N) is 1. The summed E-state index contributed by atoms with van der Waals surface area (Å²) < 4.78 is 11.9. The van der Waals surface area contributed by atoms with E-state index >= 15 is 0 Å². The van der Waals surface area contributed by atoms with Gasteiger partial charge in [0.25, 0.3) is 0 Å². The van der Waals surface area contributed by atoms with Crippen LogP contribution in [0.4, 0.5) is 0 Å². The lowest BCUT2D eigenvalue weighted by Gasteiger charge is -2.17. The topological polar surface area (TPSA) is 43.4 Å². The average Bonchev–Trinajstić information content (AvgIpc) is 3.04. The molecule has 0 radical (unpaired) electrons. The van der Waals surface area contributed by atoms with Crippen LogP contribution in [-0.2, 0) is 0 Å². The predicted molar refractivity (Wildman–Crippen MR) is 87.4 cm³/mol. The molecule has 1 aromatic heterocycles. The van der Waals surface area contributed by atoms with Crippen LogP contribution in [0.5, 0.6) is 11.5 Å². The van der Waals surface area contributed by atoms with Gasteiger partial charge in [0.05, 0.1) is 16.2 Å². The predicted octanol–water partition coefficient (Wildman–Crippen LogP) is 3.95.